The molecular formula is C13H13N3O3S. The maximum atomic E-state index is 12.0. The largest absolute Gasteiger partial charge is 0.334 e. The van der Waals surface area contributed by atoms with Crippen LogP contribution in [0.5, 0.6) is 0 Å². The molecule has 2 aromatic rings. The first-order valence-corrected chi connectivity index (χ1v) is 7.27. The normalized spacial score (nSPS) is 10.8. The van der Waals surface area contributed by atoms with Crippen molar-refractivity contribution in [1.82, 2.24) is 9.71 Å². The van der Waals surface area contributed by atoms with E-state index in [1.165, 1.54) is 18.3 Å². The maximum absolute atomic E-state index is 12.0. The minimum absolute atomic E-state index is 0.0271. The molecule has 7 heteroatoms. The van der Waals surface area contributed by atoms with Gasteiger partial charge in [0.1, 0.15) is 5.82 Å². The number of amides is 2. The van der Waals surface area contributed by atoms with E-state index in [1.54, 1.807) is 30.3 Å². The zero-order chi connectivity index (χ0) is 14.6. The first kappa shape index (κ1) is 14.0. The zero-order valence-electron chi connectivity index (χ0n) is 10.7. The van der Waals surface area contributed by atoms with Gasteiger partial charge in [-0.15, -0.1) is 0 Å². The lowest BCUT2D eigenvalue weighted by Gasteiger charge is -2.08. The van der Waals surface area contributed by atoms with Gasteiger partial charge in [-0.25, -0.2) is 22.9 Å². The molecule has 0 aliphatic heterocycles. The van der Waals surface area contributed by atoms with E-state index in [4.69, 9.17) is 0 Å². The zero-order valence-corrected chi connectivity index (χ0v) is 11.5. The molecule has 0 saturated carbocycles. The number of sulfonamides is 1. The second-order valence-electron chi connectivity index (χ2n) is 4.09. The van der Waals surface area contributed by atoms with Gasteiger partial charge in [0.2, 0.25) is 0 Å². The molecule has 0 fully saturated rings. The van der Waals surface area contributed by atoms with Crippen molar-refractivity contribution in [2.24, 2.45) is 0 Å². The summed E-state index contributed by atoms with van der Waals surface area (Å²) in [5, 5.41) is 2.34. The van der Waals surface area contributed by atoms with Gasteiger partial charge < -0.3 is 0 Å². The molecule has 0 aliphatic carbocycles. The van der Waals surface area contributed by atoms with Crippen LogP contribution in [0.4, 0.5) is 10.6 Å². The summed E-state index contributed by atoms with van der Waals surface area (Å²) in [5.74, 6) is 0.268. The van der Waals surface area contributed by atoms with Gasteiger partial charge in [-0.3, -0.25) is 5.32 Å². The second-order valence-corrected chi connectivity index (χ2v) is 5.77. The number of pyridine rings is 1. The highest BCUT2D eigenvalue weighted by Crippen LogP contribution is 2.10. The van der Waals surface area contributed by atoms with E-state index < -0.39 is 16.1 Å². The number of hydrogen-bond acceptors (Lipinski definition) is 4. The van der Waals surface area contributed by atoms with Gasteiger partial charge >= 0.3 is 6.03 Å². The van der Waals surface area contributed by atoms with Crippen molar-refractivity contribution in [2.45, 2.75) is 11.8 Å². The third-order valence-corrected chi connectivity index (χ3v) is 3.81. The summed E-state index contributed by atoms with van der Waals surface area (Å²) in [7, 11) is -3.89. The second kappa shape index (κ2) is 5.70. The summed E-state index contributed by atoms with van der Waals surface area (Å²) >= 11 is 0. The average Bonchev–Trinajstić information content (AvgIpc) is 2.39. The van der Waals surface area contributed by atoms with Crippen LogP contribution in [0, 0.1) is 6.92 Å². The van der Waals surface area contributed by atoms with Crippen LogP contribution >= 0.6 is 0 Å². The highest BCUT2D eigenvalue weighted by atomic mass is 32.2. The molecule has 0 spiro atoms. The van der Waals surface area contributed by atoms with Crippen LogP contribution in [0.3, 0.4) is 0 Å². The molecule has 2 amide bonds. The van der Waals surface area contributed by atoms with Crippen LogP contribution in [0.1, 0.15) is 5.56 Å². The van der Waals surface area contributed by atoms with E-state index in [2.05, 4.69) is 10.3 Å². The Morgan fingerprint density at radius 1 is 1.10 bits per heavy atom. The Morgan fingerprint density at radius 2 is 1.80 bits per heavy atom. The molecule has 1 aromatic heterocycles. The Bertz CT molecular complexity index is 697. The van der Waals surface area contributed by atoms with E-state index in [1.807, 2.05) is 11.6 Å². The van der Waals surface area contributed by atoms with Crippen LogP contribution in [-0.2, 0) is 10.0 Å². The lowest BCUT2D eigenvalue weighted by Crippen LogP contribution is -2.34. The van der Waals surface area contributed by atoms with Gasteiger partial charge in [0, 0.05) is 6.20 Å². The minimum Gasteiger partial charge on any atom is -0.292 e. The number of carbonyl (C=O) groups excluding carboxylic acids is 1. The predicted molar refractivity (Wildman–Crippen MR) is 74.8 cm³/mol. The van der Waals surface area contributed by atoms with Crippen LogP contribution in [0.2, 0.25) is 0 Å². The summed E-state index contributed by atoms with van der Waals surface area (Å²) in [4.78, 5) is 15.5. The predicted octanol–water partition coefficient (Wildman–Crippen LogP) is 1.90. The molecule has 0 unspecified atom stereocenters. The highest BCUT2D eigenvalue weighted by molar-refractivity contribution is 7.90. The first-order valence-electron chi connectivity index (χ1n) is 5.79. The van der Waals surface area contributed by atoms with E-state index in [9.17, 15) is 13.2 Å². The fourth-order valence-corrected chi connectivity index (χ4v) is 2.38. The standard InChI is InChI=1S/C13H13N3O3S/c1-10-5-7-11(8-6-10)20(18,19)16-13(17)15-12-4-2-3-9-14-12/h2-9H,1H3,(H2,14,15,16,17). The van der Waals surface area contributed by atoms with Crippen molar-refractivity contribution in [2.75, 3.05) is 5.32 Å². The maximum Gasteiger partial charge on any atom is 0.334 e. The SMILES string of the molecule is Cc1ccc(S(=O)(=O)NC(=O)Nc2ccccn2)cc1. The molecule has 0 saturated heterocycles. The van der Waals surface area contributed by atoms with Gasteiger partial charge in [-0.05, 0) is 31.2 Å². The molecule has 0 radical (unpaired) electrons. The number of nitrogens with one attached hydrogen (secondary N) is 2. The average molecular weight is 291 g/mol. The molecule has 0 aliphatic rings. The molecule has 0 bridgehead atoms. The number of rotatable bonds is 3. The van der Waals surface area contributed by atoms with Crippen molar-refractivity contribution < 1.29 is 13.2 Å². The Hall–Kier alpha value is -2.41. The van der Waals surface area contributed by atoms with E-state index in [0.717, 1.165) is 5.56 Å². The molecule has 2 rings (SSSR count). The number of benzene rings is 1. The smallest absolute Gasteiger partial charge is 0.292 e. The Labute approximate surface area is 116 Å². The van der Waals surface area contributed by atoms with Gasteiger partial charge in [-0.2, -0.15) is 0 Å². The molecule has 2 N–H and O–H groups in total. The molecule has 104 valence electrons. The number of aromatic nitrogens is 1. The van der Waals surface area contributed by atoms with Crippen LogP contribution in [-0.4, -0.2) is 19.4 Å². The highest BCUT2D eigenvalue weighted by Gasteiger charge is 2.17. The Morgan fingerprint density at radius 3 is 2.40 bits per heavy atom. The molecule has 6 nitrogen and oxygen atoms in total. The fraction of sp³-hybridized carbons (Fsp3) is 0.0769. The van der Waals surface area contributed by atoms with E-state index in [-0.39, 0.29) is 10.7 Å². The summed E-state index contributed by atoms with van der Waals surface area (Å²) < 4.78 is 25.8. The number of aryl methyl sites for hydroxylation is 1. The van der Waals surface area contributed by atoms with Gasteiger partial charge in [0.05, 0.1) is 4.90 Å². The third-order valence-electron chi connectivity index (χ3n) is 2.46. The quantitative estimate of drug-likeness (QED) is 0.904. The van der Waals surface area contributed by atoms with E-state index >= 15 is 0 Å². The topological polar surface area (TPSA) is 88.2 Å². The molecule has 0 atom stereocenters. The van der Waals surface area contributed by atoms with Crippen molar-refractivity contribution in [3.8, 4) is 0 Å². The molecule has 20 heavy (non-hydrogen) atoms. The number of carbonyl (C=O) groups is 1. The van der Waals surface area contributed by atoms with Gasteiger partial charge in [0.25, 0.3) is 10.0 Å². The minimum atomic E-state index is -3.89. The number of urea groups is 1. The summed E-state index contributed by atoms with van der Waals surface area (Å²) in [5.41, 5.74) is 0.932. The number of anilines is 1. The fourth-order valence-electron chi connectivity index (χ4n) is 1.48. The lowest BCUT2D eigenvalue weighted by atomic mass is 10.2. The van der Waals surface area contributed by atoms with Crippen LogP contribution in [0.15, 0.2) is 53.6 Å². The van der Waals surface area contributed by atoms with Crippen molar-refractivity contribution in [3.63, 3.8) is 0 Å². The van der Waals surface area contributed by atoms with Gasteiger partial charge in [0.15, 0.2) is 0 Å². The van der Waals surface area contributed by atoms with Crippen molar-refractivity contribution >= 4 is 21.9 Å². The number of hydrogen-bond donors (Lipinski definition) is 2. The van der Waals surface area contributed by atoms with Crippen LogP contribution in [0.25, 0.3) is 0 Å². The number of nitrogens with zero attached hydrogens (tertiary/aromatic N) is 1. The summed E-state index contributed by atoms with van der Waals surface area (Å²) in [6.07, 6.45) is 1.49. The molecular weight excluding hydrogens is 278 g/mol. The van der Waals surface area contributed by atoms with Crippen LogP contribution < -0.4 is 10.0 Å². The molecule has 1 heterocycles. The molecule has 1 aromatic carbocycles. The van der Waals surface area contributed by atoms with E-state index in [0.29, 0.717) is 0 Å². The third kappa shape index (κ3) is 3.55. The first-order chi connectivity index (χ1) is 9.47. The van der Waals surface area contributed by atoms with Crippen molar-refractivity contribution in [3.05, 3.63) is 54.2 Å². The van der Waals surface area contributed by atoms with Crippen molar-refractivity contribution in [1.29, 1.82) is 0 Å². The Balaban J connectivity index is 2.08. The van der Waals surface area contributed by atoms with Gasteiger partial charge in [-0.1, -0.05) is 23.8 Å². The summed E-state index contributed by atoms with van der Waals surface area (Å²) in [6.45, 7) is 1.84. The monoisotopic (exact) mass is 291 g/mol. The summed E-state index contributed by atoms with van der Waals surface area (Å²) in [6, 6.07) is 10.2. The lowest BCUT2D eigenvalue weighted by molar-refractivity contribution is 0.256. The Kier molecular flexibility index (Phi) is 3.99.